The summed E-state index contributed by atoms with van der Waals surface area (Å²) in [5, 5.41) is 0. The first-order chi connectivity index (χ1) is 10.8. The molecule has 0 amide bonds. The van der Waals surface area contributed by atoms with Gasteiger partial charge in [0.2, 0.25) is 0 Å². The standard InChI is InChI=1S/C17H25N3OS/c1-21-15-5-6-16-13(11-15)3-2-4-14(16)12-19-17(18)20-7-9-22-10-8-20/h5-6,11,14H,2-4,7-10,12H2,1H3,(H2,18,19). The zero-order chi connectivity index (χ0) is 15.4. The van der Waals surface area contributed by atoms with Gasteiger partial charge in [-0.25, -0.2) is 0 Å². The number of nitrogens with two attached hydrogens (primary N) is 1. The summed E-state index contributed by atoms with van der Waals surface area (Å²) < 4.78 is 5.34. The second kappa shape index (κ2) is 7.27. The van der Waals surface area contributed by atoms with Gasteiger partial charge >= 0.3 is 0 Å². The Labute approximate surface area is 137 Å². The fraction of sp³-hybridized carbons (Fsp3) is 0.588. The van der Waals surface area contributed by atoms with Crippen molar-refractivity contribution >= 4 is 17.7 Å². The van der Waals surface area contributed by atoms with E-state index in [9.17, 15) is 0 Å². The number of ether oxygens (including phenoxy) is 1. The number of fused-ring (bicyclic) bond motifs is 1. The lowest BCUT2D eigenvalue weighted by molar-refractivity contribution is 0.413. The first-order valence-electron chi connectivity index (χ1n) is 8.07. The molecule has 0 saturated carbocycles. The van der Waals surface area contributed by atoms with Crippen LogP contribution in [0.3, 0.4) is 0 Å². The summed E-state index contributed by atoms with van der Waals surface area (Å²) in [6, 6.07) is 6.45. The number of methoxy groups -OCH3 is 1. The van der Waals surface area contributed by atoms with E-state index < -0.39 is 0 Å². The Hall–Kier alpha value is -1.36. The van der Waals surface area contributed by atoms with Crippen molar-refractivity contribution in [3.05, 3.63) is 29.3 Å². The molecule has 1 aromatic rings. The van der Waals surface area contributed by atoms with Gasteiger partial charge in [0.15, 0.2) is 5.96 Å². The molecule has 0 aromatic heterocycles. The molecule has 1 atom stereocenters. The number of aryl methyl sites for hydroxylation is 1. The van der Waals surface area contributed by atoms with E-state index in [4.69, 9.17) is 15.5 Å². The predicted molar refractivity (Wildman–Crippen MR) is 94.1 cm³/mol. The van der Waals surface area contributed by atoms with Crippen molar-refractivity contribution in [3.8, 4) is 5.75 Å². The van der Waals surface area contributed by atoms with Gasteiger partial charge in [0.1, 0.15) is 5.75 Å². The van der Waals surface area contributed by atoms with Gasteiger partial charge in [-0.15, -0.1) is 0 Å². The second-order valence-electron chi connectivity index (χ2n) is 5.95. The Morgan fingerprint density at radius 1 is 1.41 bits per heavy atom. The van der Waals surface area contributed by atoms with E-state index in [-0.39, 0.29) is 0 Å². The van der Waals surface area contributed by atoms with Crippen LogP contribution in [0.4, 0.5) is 0 Å². The van der Waals surface area contributed by atoms with Crippen molar-refractivity contribution in [1.29, 1.82) is 0 Å². The molecule has 0 bridgehead atoms. The molecule has 3 rings (SSSR count). The van der Waals surface area contributed by atoms with E-state index in [0.29, 0.717) is 5.92 Å². The van der Waals surface area contributed by atoms with Crippen LogP contribution in [0.1, 0.15) is 29.9 Å². The number of hydrogen-bond donors (Lipinski definition) is 1. The van der Waals surface area contributed by atoms with Gasteiger partial charge in [0.05, 0.1) is 7.11 Å². The largest absolute Gasteiger partial charge is 0.497 e. The Kier molecular flexibility index (Phi) is 5.13. The molecule has 0 spiro atoms. The van der Waals surface area contributed by atoms with Crippen LogP contribution >= 0.6 is 11.8 Å². The van der Waals surface area contributed by atoms with Crippen molar-refractivity contribution < 1.29 is 4.74 Å². The third-order valence-corrected chi connectivity index (χ3v) is 5.54. The highest BCUT2D eigenvalue weighted by Crippen LogP contribution is 2.34. The summed E-state index contributed by atoms with van der Waals surface area (Å²) in [6.07, 6.45) is 3.57. The summed E-state index contributed by atoms with van der Waals surface area (Å²) in [5.74, 6) is 4.48. The third-order valence-electron chi connectivity index (χ3n) is 4.60. The maximum atomic E-state index is 6.18. The lowest BCUT2D eigenvalue weighted by Crippen LogP contribution is -2.42. The highest BCUT2D eigenvalue weighted by Gasteiger charge is 2.21. The molecule has 1 fully saturated rings. The molecule has 2 aliphatic rings. The number of guanidine groups is 1. The quantitative estimate of drug-likeness (QED) is 0.687. The minimum Gasteiger partial charge on any atom is -0.497 e. The first kappa shape index (κ1) is 15.5. The molecule has 2 N–H and O–H groups in total. The summed E-state index contributed by atoms with van der Waals surface area (Å²) in [5.41, 5.74) is 9.02. The van der Waals surface area contributed by atoms with Gasteiger partial charge in [-0.2, -0.15) is 11.8 Å². The molecule has 1 heterocycles. The number of aliphatic imine (C=N–C) groups is 1. The Balaban J connectivity index is 1.69. The number of nitrogens with zero attached hydrogens (tertiary/aromatic N) is 2. The molecule has 1 aliphatic carbocycles. The van der Waals surface area contributed by atoms with Crippen LogP contribution in [-0.2, 0) is 6.42 Å². The molecule has 1 aromatic carbocycles. The Bertz CT molecular complexity index is 541. The van der Waals surface area contributed by atoms with Gasteiger partial charge in [0, 0.05) is 37.1 Å². The summed E-state index contributed by atoms with van der Waals surface area (Å²) in [6.45, 7) is 2.85. The van der Waals surface area contributed by atoms with Crippen LogP contribution in [0.5, 0.6) is 5.75 Å². The van der Waals surface area contributed by atoms with Gasteiger partial charge in [-0.3, -0.25) is 4.99 Å². The van der Waals surface area contributed by atoms with Crippen LogP contribution in [0.2, 0.25) is 0 Å². The minimum atomic E-state index is 0.493. The second-order valence-corrected chi connectivity index (χ2v) is 7.18. The fourth-order valence-electron chi connectivity index (χ4n) is 3.30. The molecule has 22 heavy (non-hydrogen) atoms. The minimum absolute atomic E-state index is 0.493. The van der Waals surface area contributed by atoms with Crippen molar-refractivity contribution in [3.63, 3.8) is 0 Å². The van der Waals surface area contributed by atoms with Crippen molar-refractivity contribution in [2.75, 3.05) is 38.2 Å². The Morgan fingerprint density at radius 2 is 2.23 bits per heavy atom. The van der Waals surface area contributed by atoms with Crippen molar-refractivity contribution in [1.82, 2.24) is 4.90 Å². The SMILES string of the molecule is COc1ccc2c(c1)CCCC2CN=C(N)N1CCSCC1. The topological polar surface area (TPSA) is 50.9 Å². The maximum absolute atomic E-state index is 6.18. The molecule has 120 valence electrons. The average molecular weight is 319 g/mol. The number of benzene rings is 1. The van der Waals surface area contributed by atoms with Crippen LogP contribution in [0.25, 0.3) is 0 Å². The van der Waals surface area contributed by atoms with E-state index >= 15 is 0 Å². The van der Waals surface area contributed by atoms with Crippen LogP contribution in [0, 0.1) is 0 Å². The van der Waals surface area contributed by atoms with E-state index in [0.717, 1.165) is 49.3 Å². The van der Waals surface area contributed by atoms with Crippen molar-refractivity contribution in [2.45, 2.75) is 25.2 Å². The van der Waals surface area contributed by atoms with Crippen molar-refractivity contribution in [2.24, 2.45) is 10.7 Å². The average Bonchev–Trinajstić information content (AvgIpc) is 2.59. The lowest BCUT2D eigenvalue weighted by atomic mass is 9.83. The van der Waals surface area contributed by atoms with E-state index in [1.807, 2.05) is 11.8 Å². The molecular weight excluding hydrogens is 294 g/mol. The number of hydrogen-bond acceptors (Lipinski definition) is 3. The molecule has 5 heteroatoms. The van der Waals surface area contributed by atoms with Gasteiger partial charge in [0.25, 0.3) is 0 Å². The van der Waals surface area contributed by atoms with E-state index in [1.165, 1.54) is 24.0 Å². The molecular formula is C17H25N3OS. The van der Waals surface area contributed by atoms with Gasteiger partial charge in [-0.05, 0) is 42.5 Å². The normalized spacial score (nSPS) is 22.3. The van der Waals surface area contributed by atoms with Crippen LogP contribution in [-0.4, -0.2) is 49.1 Å². The number of thioether (sulfide) groups is 1. The van der Waals surface area contributed by atoms with E-state index in [1.54, 1.807) is 7.11 Å². The highest BCUT2D eigenvalue weighted by molar-refractivity contribution is 7.99. The summed E-state index contributed by atoms with van der Waals surface area (Å²) >= 11 is 1.99. The van der Waals surface area contributed by atoms with Gasteiger partial charge in [-0.1, -0.05) is 6.07 Å². The highest BCUT2D eigenvalue weighted by atomic mass is 32.2. The van der Waals surface area contributed by atoms with E-state index in [2.05, 4.69) is 23.1 Å². The molecule has 1 unspecified atom stereocenters. The van der Waals surface area contributed by atoms with Crippen LogP contribution < -0.4 is 10.5 Å². The molecule has 4 nitrogen and oxygen atoms in total. The smallest absolute Gasteiger partial charge is 0.191 e. The number of rotatable bonds is 3. The Morgan fingerprint density at radius 3 is 3.00 bits per heavy atom. The zero-order valence-corrected chi connectivity index (χ0v) is 14.1. The summed E-state index contributed by atoms with van der Waals surface area (Å²) in [4.78, 5) is 6.91. The molecule has 0 radical (unpaired) electrons. The zero-order valence-electron chi connectivity index (χ0n) is 13.3. The van der Waals surface area contributed by atoms with Crippen LogP contribution in [0.15, 0.2) is 23.2 Å². The summed E-state index contributed by atoms with van der Waals surface area (Å²) in [7, 11) is 1.73. The molecule has 1 saturated heterocycles. The third kappa shape index (κ3) is 3.51. The lowest BCUT2D eigenvalue weighted by Gasteiger charge is -2.28. The predicted octanol–water partition coefficient (Wildman–Crippen LogP) is 2.48. The molecule has 1 aliphatic heterocycles. The fourth-order valence-corrected chi connectivity index (χ4v) is 4.21. The first-order valence-corrected chi connectivity index (χ1v) is 9.23. The monoisotopic (exact) mass is 319 g/mol. The van der Waals surface area contributed by atoms with Gasteiger partial charge < -0.3 is 15.4 Å². The maximum Gasteiger partial charge on any atom is 0.191 e.